The van der Waals surface area contributed by atoms with E-state index >= 15 is 0 Å². The van der Waals surface area contributed by atoms with Crippen molar-refractivity contribution in [2.24, 2.45) is 0 Å². The van der Waals surface area contributed by atoms with Gasteiger partial charge in [-0.1, -0.05) is 6.42 Å². The molecule has 1 saturated carbocycles. The lowest BCUT2D eigenvalue weighted by Crippen LogP contribution is -2.39. The van der Waals surface area contributed by atoms with Crippen molar-refractivity contribution in [1.82, 2.24) is 15.0 Å². The standard InChI is InChI=1S/C18H20N4O4S/c23-17(12-20-18(24)13-3-2-10-19-11-13)21-14-6-8-16(9-7-14)27(25,26)22-15-4-1-5-15/h2-3,6-11,15,22H,1,4-5,12H2,(H,20,24)(H,21,23). The molecule has 0 atom stereocenters. The summed E-state index contributed by atoms with van der Waals surface area (Å²) in [6.45, 7) is -0.211. The van der Waals surface area contributed by atoms with Gasteiger partial charge in [-0.25, -0.2) is 13.1 Å². The van der Waals surface area contributed by atoms with Gasteiger partial charge in [-0.15, -0.1) is 0 Å². The maximum Gasteiger partial charge on any atom is 0.253 e. The Balaban J connectivity index is 1.51. The third-order valence-electron chi connectivity index (χ3n) is 4.21. The van der Waals surface area contributed by atoms with E-state index in [9.17, 15) is 18.0 Å². The largest absolute Gasteiger partial charge is 0.343 e. The highest BCUT2D eigenvalue weighted by atomic mass is 32.2. The molecule has 1 fully saturated rings. The fourth-order valence-corrected chi connectivity index (χ4v) is 3.80. The van der Waals surface area contributed by atoms with Crippen molar-refractivity contribution in [3.8, 4) is 0 Å². The van der Waals surface area contributed by atoms with E-state index < -0.39 is 21.8 Å². The monoisotopic (exact) mass is 388 g/mol. The highest BCUT2D eigenvalue weighted by Crippen LogP contribution is 2.21. The molecule has 0 radical (unpaired) electrons. The molecular weight excluding hydrogens is 368 g/mol. The second kappa shape index (κ2) is 8.28. The number of carbonyl (C=O) groups excluding carboxylic acids is 2. The number of hydrogen-bond donors (Lipinski definition) is 3. The number of benzene rings is 1. The molecular formula is C18H20N4O4S. The normalized spacial score (nSPS) is 14.2. The summed E-state index contributed by atoms with van der Waals surface area (Å²) in [6, 6.07) is 9.13. The minimum Gasteiger partial charge on any atom is -0.343 e. The number of carbonyl (C=O) groups is 2. The molecule has 2 amide bonds. The van der Waals surface area contributed by atoms with Crippen LogP contribution in [0.15, 0.2) is 53.7 Å². The van der Waals surface area contributed by atoms with Crippen molar-refractivity contribution in [3.05, 3.63) is 54.4 Å². The third-order valence-corrected chi connectivity index (χ3v) is 5.74. The average Bonchev–Trinajstić information content (AvgIpc) is 2.64. The Morgan fingerprint density at radius 2 is 1.85 bits per heavy atom. The smallest absolute Gasteiger partial charge is 0.253 e. The number of sulfonamides is 1. The highest BCUT2D eigenvalue weighted by molar-refractivity contribution is 7.89. The van der Waals surface area contributed by atoms with Crippen LogP contribution in [0.2, 0.25) is 0 Å². The van der Waals surface area contributed by atoms with Gasteiger partial charge in [0.15, 0.2) is 0 Å². The molecule has 1 aliphatic carbocycles. The minimum atomic E-state index is -3.54. The molecule has 3 rings (SSSR count). The highest BCUT2D eigenvalue weighted by Gasteiger charge is 2.24. The van der Waals surface area contributed by atoms with E-state index in [2.05, 4.69) is 20.3 Å². The summed E-state index contributed by atoms with van der Waals surface area (Å²) in [5.74, 6) is -0.822. The van der Waals surface area contributed by atoms with Crippen molar-refractivity contribution in [2.75, 3.05) is 11.9 Å². The molecule has 27 heavy (non-hydrogen) atoms. The Bertz CT molecular complexity index is 910. The number of hydrogen-bond acceptors (Lipinski definition) is 5. The molecule has 0 unspecified atom stereocenters. The SMILES string of the molecule is O=C(CNC(=O)c1cccnc1)Nc1ccc(S(=O)(=O)NC2CCC2)cc1. The van der Waals surface area contributed by atoms with Crippen molar-refractivity contribution in [2.45, 2.75) is 30.2 Å². The van der Waals surface area contributed by atoms with Crippen LogP contribution in [0.1, 0.15) is 29.6 Å². The van der Waals surface area contributed by atoms with E-state index in [-0.39, 0.29) is 17.5 Å². The molecule has 0 saturated heterocycles. The van der Waals surface area contributed by atoms with Gasteiger partial charge in [-0.3, -0.25) is 14.6 Å². The van der Waals surface area contributed by atoms with E-state index in [4.69, 9.17) is 0 Å². The Morgan fingerprint density at radius 3 is 2.44 bits per heavy atom. The van der Waals surface area contributed by atoms with Crippen molar-refractivity contribution in [1.29, 1.82) is 0 Å². The summed E-state index contributed by atoms with van der Waals surface area (Å²) < 4.78 is 27.1. The zero-order valence-corrected chi connectivity index (χ0v) is 15.3. The van der Waals surface area contributed by atoms with E-state index in [1.807, 2.05) is 0 Å². The topological polar surface area (TPSA) is 117 Å². The molecule has 1 heterocycles. The molecule has 0 bridgehead atoms. The number of pyridine rings is 1. The third kappa shape index (κ3) is 5.11. The Hall–Kier alpha value is -2.78. The van der Waals surface area contributed by atoms with Gasteiger partial charge in [-0.05, 0) is 49.2 Å². The predicted molar refractivity (Wildman–Crippen MR) is 99.6 cm³/mol. The summed E-state index contributed by atoms with van der Waals surface area (Å²) in [6.07, 6.45) is 5.71. The van der Waals surface area contributed by atoms with Gasteiger partial charge in [0.05, 0.1) is 17.0 Å². The van der Waals surface area contributed by atoms with E-state index in [1.54, 1.807) is 18.3 Å². The van der Waals surface area contributed by atoms with Gasteiger partial charge in [0.25, 0.3) is 5.91 Å². The van der Waals surface area contributed by atoms with Crippen molar-refractivity contribution in [3.63, 3.8) is 0 Å². The van der Waals surface area contributed by atoms with Crippen LogP contribution in [-0.4, -0.2) is 37.8 Å². The number of rotatable bonds is 7. The van der Waals surface area contributed by atoms with Crippen LogP contribution in [0, 0.1) is 0 Å². The van der Waals surface area contributed by atoms with Gasteiger partial charge in [-0.2, -0.15) is 0 Å². The van der Waals surface area contributed by atoms with Gasteiger partial charge in [0.2, 0.25) is 15.9 Å². The van der Waals surface area contributed by atoms with Crippen LogP contribution in [-0.2, 0) is 14.8 Å². The van der Waals surface area contributed by atoms with Gasteiger partial charge in [0.1, 0.15) is 0 Å². The lowest BCUT2D eigenvalue weighted by molar-refractivity contribution is -0.115. The van der Waals surface area contributed by atoms with Gasteiger partial charge < -0.3 is 10.6 Å². The van der Waals surface area contributed by atoms with Crippen LogP contribution < -0.4 is 15.4 Å². The fraction of sp³-hybridized carbons (Fsp3) is 0.278. The summed E-state index contributed by atoms with van der Waals surface area (Å²) in [4.78, 5) is 27.8. The summed E-state index contributed by atoms with van der Waals surface area (Å²) >= 11 is 0. The number of amides is 2. The van der Waals surface area contributed by atoms with E-state index in [1.165, 1.54) is 30.5 Å². The number of nitrogens with one attached hydrogen (secondary N) is 3. The second-order valence-corrected chi connectivity index (χ2v) is 7.96. The first-order valence-corrected chi connectivity index (χ1v) is 10.0. The Kier molecular flexibility index (Phi) is 5.82. The first-order valence-electron chi connectivity index (χ1n) is 8.54. The van der Waals surface area contributed by atoms with Crippen LogP contribution in [0.5, 0.6) is 0 Å². The molecule has 2 aromatic rings. The first-order chi connectivity index (χ1) is 12.9. The van der Waals surface area contributed by atoms with Gasteiger partial charge in [0, 0.05) is 24.1 Å². The van der Waals surface area contributed by atoms with E-state index in [0.29, 0.717) is 11.3 Å². The second-order valence-electron chi connectivity index (χ2n) is 6.25. The van der Waals surface area contributed by atoms with E-state index in [0.717, 1.165) is 19.3 Å². The quantitative estimate of drug-likeness (QED) is 0.661. The fourth-order valence-electron chi connectivity index (χ4n) is 2.50. The first kappa shape index (κ1) is 19.0. The summed E-state index contributed by atoms with van der Waals surface area (Å²) in [5.41, 5.74) is 0.803. The molecule has 0 spiro atoms. The molecule has 3 N–H and O–H groups in total. The van der Waals surface area contributed by atoms with Crippen molar-refractivity contribution < 1.29 is 18.0 Å². The number of aromatic nitrogens is 1. The predicted octanol–water partition coefficient (Wildman–Crippen LogP) is 1.28. The Labute approximate surface area is 157 Å². The lowest BCUT2D eigenvalue weighted by atomic mass is 9.94. The molecule has 0 aliphatic heterocycles. The summed E-state index contributed by atoms with van der Waals surface area (Å²) in [5, 5.41) is 5.10. The zero-order valence-electron chi connectivity index (χ0n) is 14.5. The molecule has 1 aromatic heterocycles. The van der Waals surface area contributed by atoms with Crippen LogP contribution in [0.4, 0.5) is 5.69 Å². The minimum absolute atomic E-state index is 0.0119. The zero-order chi connectivity index (χ0) is 19.3. The molecule has 9 heteroatoms. The number of nitrogens with zero attached hydrogens (tertiary/aromatic N) is 1. The summed E-state index contributed by atoms with van der Waals surface area (Å²) in [7, 11) is -3.54. The molecule has 142 valence electrons. The van der Waals surface area contributed by atoms with Crippen molar-refractivity contribution >= 4 is 27.5 Å². The van der Waals surface area contributed by atoms with Crippen LogP contribution in [0.25, 0.3) is 0 Å². The van der Waals surface area contributed by atoms with Crippen LogP contribution in [0.3, 0.4) is 0 Å². The van der Waals surface area contributed by atoms with Gasteiger partial charge >= 0.3 is 0 Å². The lowest BCUT2D eigenvalue weighted by Gasteiger charge is -2.26. The maximum atomic E-state index is 12.2. The van der Waals surface area contributed by atoms with Crippen LogP contribution >= 0.6 is 0 Å². The number of anilines is 1. The molecule has 8 nitrogen and oxygen atoms in total. The Morgan fingerprint density at radius 1 is 1.11 bits per heavy atom. The maximum absolute atomic E-state index is 12.2. The molecule has 1 aliphatic rings. The molecule has 1 aromatic carbocycles. The average molecular weight is 388 g/mol.